The molecule has 3 aliphatic heterocycles. The number of amides is 2. The van der Waals surface area contributed by atoms with E-state index >= 15 is 0 Å². The summed E-state index contributed by atoms with van der Waals surface area (Å²) < 4.78 is 23.5. The van der Waals surface area contributed by atoms with E-state index in [1.807, 2.05) is 34.2 Å². The third-order valence-electron chi connectivity index (χ3n) is 7.47. The summed E-state index contributed by atoms with van der Waals surface area (Å²) in [5.74, 6) is 0.906. The lowest BCUT2D eigenvalue weighted by atomic mass is 9.99. The number of rotatable bonds is 3. The predicted molar refractivity (Wildman–Crippen MR) is 135 cm³/mol. The van der Waals surface area contributed by atoms with Crippen molar-refractivity contribution in [3.8, 4) is 0 Å². The zero-order chi connectivity index (χ0) is 24.6. The number of anilines is 1. The molecule has 2 saturated heterocycles. The summed E-state index contributed by atoms with van der Waals surface area (Å²) in [4.78, 5) is 29.3. The van der Waals surface area contributed by atoms with Crippen molar-refractivity contribution < 1.29 is 13.2 Å². The van der Waals surface area contributed by atoms with Gasteiger partial charge in [-0.3, -0.25) is 0 Å². The Balaban J connectivity index is 1.32. The summed E-state index contributed by atoms with van der Waals surface area (Å²) >= 11 is 0. The maximum atomic E-state index is 13.8. The first-order valence-corrected chi connectivity index (χ1v) is 14.2. The summed E-state index contributed by atoms with van der Waals surface area (Å²) in [6.45, 7) is 4.87. The molecule has 35 heavy (non-hydrogen) atoms. The van der Waals surface area contributed by atoms with Crippen LogP contribution in [-0.2, 0) is 22.8 Å². The van der Waals surface area contributed by atoms with E-state index in [-0.39, 0.29) is 35.7 Å². The summed E-state index contributed by atoms with van der Waals surface area (Å²) in [6, 6.07) is 10.4. The van der Waals surface area contributed by atoms with E-state index in [1.54, 1.807) is 0 Å². The maximum absolute atomic E-state index is 13.8. The van der Waals surface area contributed by atoms with Gasteiger partial charge in [0, 0.05) is 37.9 Å². The first-order chi connectivity index (χ1) is 16.8. The lowest BCUT2D eigenvalue weighted by molar-refractivity contribution is 0.0717. The molecule has 188 valence electrons. The van der Waals surface area contributed by atoms with E-state index < -0.39 is 9.84 Å². The minimum absolute atomic E-state index is 0.0151. The van der Waals surface area contributed by atoms with Gasteiger partial charge in [-0.2, -0.15) is 0 Å². The van der Waals surface area contributed by atoms with Gasteiger partial charge in [-0.15, -0.1) is 0 Å². The quantitative estimate of drug-likeness (QED) is 0.693. The van der Waals surface area contributed by atoms with Crippen LogP contribution >= 0.6 is 0 Å². The molecule has 2 aromatic rings. The van der Waals surface area contributed by atoms with E-state index in [0.717, 1.165) is 29.9 Å². The number of sulfone groups is 1. The highest BCUT2D eigenvalue weighted by molar-refractivity contribution is 7.91. The second-order valence-electron chi connectivity index (χ2n) is 10.1. The van der Waals surface area contributed by atoms with Gasteiger partial charge < -0.3 is 20.0 Å². The van der Waals surface area contributed by atoms with Crippen LogP contribution in [0.2, 0.25) is 0 Å². The standard InChI is InChI=1S/C25H34N6O3S/c1-18-14-20-15-26-24(27-21-8-12-35(33,34)13-9-21)28-22(20)16-31(18)25(32)30-11-10-29(2)17-23(30)19-6-4-3-5-7-19/h3-7,15,18,21,23H,8-14,16-17H2,1-2H3,(H,26,27,28)/t18-,23-/m1/s1. The van der Waals surface area contributed by atoms with Crippen molar-refractivity contribution in [2.75, 3.05) is 43.5 Å². The molecule has 5 rings (SSSR count). The average molecular weight is 499 g/mol. The van der Waals surface area contributed by atoms with Crippen molar-refractivity contribution in [2.45, 2.75) is 50.9 Å². The van der Waals surface area contributed by atoms with E-state index in [0.29, 0.717) is 38.3 Å². The molecule has 3 aliphatic rings. The maximum Gasteiger partial charge on any atom is 0.321 e. The van der Waals surface area contributed by atoms with Crippen LogP contribution in [0.15, 0.2) is 36.5 Å². The molecule has 2 fully saturated rings. The van der Waals surface area contributed by atoms with Crippen LogP contribution in [0.1, 0.15) is 42.6 Å². The summed E-state index contributed by atoms with van der Waals surface area (Å²) in [7, 11) is -0.815. The van der Waals surface area contributed by atoms with Crippen LogP contribution < -0.4 is 5.32 Å². The lowest BCUT2D eigenvalue weighted by Gasteiger charge is -2.44. The number of aromatic nitrogens is 2. The first-order valence-electron chi connectivity index (χ1n) is 12.4. The van der Waals surface area contributed by atoms with Crippen LogP contribution in [0.4, 0.5) is 10.7 Å². The smallest absolute Gasteiger partial charge is 0.321 e. The van der Waals surface area contributed by atoms with Crippen LogP contribution in [0.3, 0.4) is 0 Å². The number of hydrogen-bond acceptors (Lipinski definition) is 7. The number of fused-ring (bicyclic) bond motifs is 1. The van der Waals surface area contributed by atoms with Crippen molar-refractivity contribution >= 4 is 21.8 Å². The molecule has 2 amide bonds. The Morgan fingerprint density at radius 3 is 2.57 bits per heavy atom. The highest BCUT2D eigenvalue weighted by Gasteiger charge is 2.37. The fourth-order valence-corrected chi connectivity index (χ4v) is 6.80. The zero-order valence-electron chi connectivity index (χ0n) is 20.4. The topological polar surface area (TPSA) is 98.7 Å². The fourth-order valence-electron chi connectivity index (χ4n) is 5.31. The Kier molecular flexibility index (Phi) is 6.67. The van der Waals surface area contributed by atoms with Gasteiger partial charge in [0.05, 0.1) is 29.8 Å². The molecule has 9 nitrogen and oxygen atoms in total. The normalized spacial score (nSPS) is 25.2. The third kappa shape index (κ3) is 5.28. The summed E-state index contributed by atoms with van der Waals surface area (Å²) in [5.41, 5.74) is 3.08. The molecule has 0 unspecified atom stereocenters. The molecule has 1 aromatic carbocycles. The van der Waals surface area contributed by atoms with Crippen molar-refractivity contribution in [3.05, 3.63) is 53.3 Å². The molecule has 0 saturated carbocycles. The Bertz CT molecular complexity index is 1160. The van der Waals surface area contributed by atoms with Crippen LogP contribution in [0, 0.1) is 0 Å². The Morgan fingerprint density at radius 2 is 1.83 bits per heavy atom. The molecule has 2 atom stereocenters. The summed E-state index contributed by atoms with van der Waals surface area (Å²) in [6.07, 6.45) is 3.70. The van der Waals surface area contributed by atoms with E-state index in [4.69, 9.17) is 4.98 Å². The van der Waals surface area contributed by atoms with Crippen molar-refractivity contribution in [1.82, 2.24) is 24.7 Å². The Hall–Kier alpha value is -2.72. The Morgan fingerprint density at radius 1 is 1.09 bits per heavy atom. The molecular weight excluding hydrogens is 464 g/mol. The Labute approximate surface area is 207 Å². The van der Waals surface area contributed by atoms with Gasteiger partial charge >= 0.3 is 6.03 Å². The zero-order valence-corrected chi connectivity index (χ0v) is 21.2. The van der Waals surface area contributed by atoms with Crippen LogP contribution in [-0.4, -0.2) is 89.4 Å². The number of likely N-dealkylation sites (N-methyl/N-ethyl adjacent to an activating group) is 1. The predicted octanol–water partition coefficient (Wildman–Crippen LogP) is 2.32. The number of hydrogen-bond donors (Lipinski definition) is 1. The largest absolute Gasteiger partial charge is 0.351 e. The van der Waals surface area contributed by atoms with Gasteiger partial charge in [0.15, 0.2) is 0 Å². The molecule has 0 aliphatic carbocycles. The number of nitrogens with zero attached hydrogens (tertiary/aromatic N) is 5. The van der Waals surface area contributed by atoms with Crippen molar-refractivity contribution in [1.29, 1.82) is 0 Å². The van der Waals surface area contributed by atoms with E-state index in [9.17, 15) is 13.2 Å². The minimum atomic E-state index is -2.92. The van der Waals surface area contributed by atoms with Crippen molar-refractivity contribution in [2.24, 2.45) is 0 Å². The van der Waals surface area contributed by atoms with E-state index in [1.165, 1.54) is 0 Å². The summed E-state index contributed by atoms with van der Waals surface area (Å²) in [5, 5.41) is 3.31. The fraction of sp³-hybridized carbons (Fsp3) is 0.560. The molecule has 0 radical (unpaired) electrons. The molecule has 4 heterocycles. The van der Waals surface area contributed by atoms with E-state index in [2.05, 4.69) is 41.3 Å². The molecule has 1 aromatic heterocycles. The SMILES string of the molecule is C[C@@H]1Cc2cnc(NC3CCS(=O)(=O)CC3)nc2CN1C(=O)N1CCN(C)C[C@@H]1c1ccccc1. The first kappa shape index (κ1) is 24.0. The number of carbonyl (C=O) groups excluding carboxylic acids is 1. The van der Waals surface area contributed by atoms with Gasteiger partial charge in [-0.1, -0.05) is 30.3 Å². The second kappa shape index (κ2) is 9.73. The highest BCUT2D eigenvalue weighted by atomic mass is 32.2. The monoisotopic (exact) mass is 498 g/mol. The van der Waals surface area contributed by atoms with Crippen molar-refractivity contribution in [3.63, 3.8) is 0 Å². The van der Waals surface area contributed by atoms with Gasteiger partial charge in [-0.05, 0) is 44.4 Å². The minimum Gasteiger partial charge on any atom is -0.351 e. The number of piperazine rings is 1. The van der Waals surface area contributed by atoms with Crippen LogP contribution in [0.25, 0.3) is 0 Å². The van der Waals surface area contributed by atoms with Gasteiger partial charge in [0.2, 0.25) is 5.95 Å². The second-order valence-corrected chi connectivity index (χ2v) is 12.4. The molecule has 10 heteroatoms. The number of nitrogens with one attached hydrogen (secondary N) is 1. The highest BCUT2D eigenvalue weighted by Crippen LogP contribution is 2.30. The number of urea groups is 1. The molecule has 0 bridgehead atoms. The lowest BCUT2D eigenvalue weighted by Crippen LogP contribution is -2.56. The number of benzene rings is 1. The van der Waals surface area contributed by atoms with Crippen LogP contribution in [0.5, 0.6) is 0 Å². The average Bonchev–Trinajstić information content (AvgIpc) is 2.85. The van der Waals surface area contributed by atoms with Gasteiger partial charge in [0.25, 0.3) is 0 Å². The molecule has 0 spiro atoms. The van der Waals surface area contributed by atoms with Gasteiger partial charge in [0.1, 0.15) is 9.84 Å². The molecular formula is C25H34N6O3S. The number of carbonyl (C=O) groups is 1. The molecule has 1 N–H and O–H groups in total. The van der Waals surface area contributed by atoms with Gasteiger partial charge in [-0.25, -0.2) is 23.2 Å². The third-order valence-corrected chi connectivity index (χ3v) is 9.18.